The Balaban J connectivity index is 1.52. The molecule has 2 aromatic heterocycles. The van der Waals surface area contributed by atoms with Crippen LogP contribution in [0.3, 0.4) is 0 Å². The Morgan fingerprint density at radius 1 is 1.30 bits per heavy atom. The summed E-state index contributed by atoms with van der Waals surface area (Å²) in [5.74, 6) is 0.682. The number of aromatic nitrogens is 3. The number of hydrogen-bond donors (Lipinski definition) is 2. The third-order valence-corrected chi connectivity index (χ3v) is 3.68. The zero-order chi connectivity index (χ0) is 16.2. The number of para-hydroxylation sites is 2. The molecular formula is C17H18N4O2. The van der Waals surface area contributed by atoms with Gasteiger partial charge in [-0.2, -0.15) is 0 Å². The maximum Gasteiger partial charge on any atom is 0.251 e. The molecule has 6 heteroatoms. The third-order valence-electron chi connectivity index (χ3n) is 3.68. The number of pyridine rings is 1. The number of imidazole rings is 1. The van der Waals surface area contributed by atoms with E-state index in [1.54, 1.807) is 19.3 Å². The quantitative estimate of drug-likeness (QED) is 0.703. The second-order valence-corrected chi connectivity index (χ2v) is 5.42. The summed E-state index contributed by atoms with van der Waals surface area (Å²) in [6, 6.07) is 10.9. The number of nitrogens with one attached hydrogen (secondary N) is 2. The van der Waals surface area contributed by atoms with Crippen molar-refractivity contribution in [3.8, 4) is 0 Å². The molecule has 2 N–H and O–H groups in total. The molecule has 0 atom stereocenters. The van der Waals surface area contributed by atoms with E-state index in [4.69, 9.17) is 0 Å². The molecule has 3 aromatic rings. The van der Waals surface area contributed by atoms with E-state index in [-0.39, 0.29) is 11.5 Å². The maximum atomic E-state index is 12.0. The number of amides is 1. The molecule has 0 spiro atoms. The van der Waals surface area contributed by atoms with Gasteiger partial charge < -0.3 is 14.9 Å². The highest BCUT2D eigenvalue weighted by Crippen LogP contribution is 2.11. The van der Waals surface area contributed by atoms with Crippen LogP contribution in [0, 0.1) is 0 Å². The van der Waals surface area contributed by atoms with Crippen molar-refractivity contribution in [1.29, 1.82) is 0 Å². The summed E-state index contributed by atoms with van der Waals surface area (Å²) in [5.41, 5.74) is 2.16. The summed E-state index contributed by atoms with van der Waals surface area (Å²) >= 11 is 0. The van der Waals surface area contributed by atoms with Gasteiger partial charge in [-0.25, -0.2) is 4.98 Å². The fraction of sp³-hybridized carbons (Fsp3) is 0.235. The zero-order valence-electron chi connectivity index (χ0n) is 12.9. The molecule has 0 radical (unpaired) electrons. The van der Waals surface area contributed by atoms with Gasteiger partial charge in [0.25, 0.3) is 11.5 Å². The monoisotopic (exact) mass is 310 g/mol. The zero-order valence-corrected chi connectivity index (χ0v) is 12.9. The van der Waals surface area contributed by atoms with Crippen LogP contribution in [0.4, 0.5) is 0 Å². The van der Waals surface area contributed by atoms with E-state index in [9.17, 15) is 9.59 Å². The Labute approximate surface area is 133 Å². The second kappa shape index (κ2) is 6.48. The molecule has 23 heavy (non-hydrogen) atoms. The number of H-pyrrole nitrogens is 1. The van der Waals surface area contributed by atoms with Crippen molar-refractivity contribution >= 4 is 16.9 Å². The molecule has 0 aliphatic rings. The van der Waals surface area contributed by atoms with E-state index in [1.807, 2.05) is 24.3 Å². The maximum absolute atomic E-state index is 12.0. The van der Waals surface area contributed by atoms with E-state index >= 15 is 0 Å². The Kier molecular flexibility index (Phi) is 4.23. The van der Waals surface area contributed by atoms with E-state index in [2.05, 4.69) is 15.3 Å². The van der Waals surface area contributed by atoms with Gasteiger partial charge in [-0.05, 0) is 24.6 Å². The Morgan fingerprint density at radius 3 is 2.91 bits per heavy atom. The fourth-order valence-corrected chi connectivity index (χ4v) is 2.37. The number of fused-ring (bicyclic) bond motifs is 1. The minimum Gasteiger partial charge on any atom is -0.352 e. The summed E-state index contributed by atoms with van der Waals surface area (Å²) in [4.78, 5) is 31.3. The largest absolute Gasteiger partial charge is 0.352 e. The van der Waals surface area contributed by atoms with Crippen LogP contribution in [0.5, 0.6) is 0 Å². The van der Waals surface area contributed by atoms with Crippen LogP contribution in [0.25, 0.3) is 11.0 Å². The molecule has 0 saturated heterocycles. The number of aromatic amines is 1. The van der Waals surface area contributed by atoms with Gasteiger partial charge in [0, 0.05) is 37.8 Å². The molecule has 0 unspecified atom stereocenters. The third kappa shape index (κ3) is 3.48. The smallest absolute Gasteiger partial charge is 0.251 e. The molecular weight excluding hydrogens is 292 g/mol. The van der Waals surface area contributed by atoms with E-state index in [1.165, 1.54) is 10.6 Å². The first kappa shape index (κ1) is 15.0. The minimum atomic E-state index is -0.229. The Hall–Kier alpha value is -2.89. The van der Waals surface area contributed by atoms with E-state index in [0.29, 0.717) is 12.1 Å². The topological polar surface area (TPSA) is 79.8 Å². The average Bonchev–Trinajstić information content (AvgIpc) is 2.96. The van der Waals surface area contributed by atoms with Gasteiger partial charge in [0.1, 0.15) is 5.82 Å². The molecule has 0 fully saturated rings. The number of rotatable bonds is 5. The lowest BCUT2D eigenvalue weighted by Gasteiger charge is -2.05. The van der Waals surface area contributed by atoms with Crippen molar-refractivity contribution in [2.24, 2.45) is 7.05 Å². The van der Waals surface area contributed by atoms with Crippen molar-refractivity contribution in [3.63, 3.8) is 0 Å². The lowest BCUT2D eigenvalue weighted by atomic mass is 10.2. The number of hydrogen-bond acceptors (Lipinski definition) is 3. The molecule has 6 nitrogen and oxygen atoms in total. The van der Waals surface area contributed by atoms with Gasteiger partial charge in [-0.15, -0.1) is 0 Å². The summed E-state index contributed by atoms with van der Waals surface area (Å²) < 4.78 is 1.43. The average molecular weight is 310 g/mol. The van der Waals surface area contributed by atoms with Crippen molar-refractivity contribution in [3.05, 3.63) is 64.3 Å². The Morgan fingerprint density at radius 2 is 2.13 bits per heavy atom. The van der Waals surface area contributed by atoms with Crippen LogP contribution < -0.4 is 10.9 Å². The fourth-order valence-electron chi connectivity index (χ4n) is 2.37. The first-order chi connectivity index (χ1) is 11.1. The highest BCUT2D eigenvalue weighted by atomic mass is 16.2. The number of carbonyl (C=O) groups is 1. The van der Waals surface area contributed by atoms with Crippen molar-refractivity contribution in [2.75, 3.05) is 6.54 Å². The van der Waals surface area contributed by atoms with Gasteiger partial charge in [0.05, 0.1) is 11.0 Å². The number of benzene rings is 1. The second-order valence-electron chi connectivity index (χ2n) is 5.42. The molecule has 0 saturated carbocycles. The molecule has 118 valence electrons. The molecule has 0 bridgehead atoms. The standard InChI is InChI=1S/C17H18N4O2/c1-21-10-8-12(11-16(21)22)17(23)18-9-4-7-15-19-13-5-2-3-6-14(13)20-15/h2-3,5-6,8,10-11H,4,7,9H2,1H3,(H,18,23)(H,19,20). The molecule has 1 aromatic carbocycles. The van der Waals surface area contributed by atoms with Crippen molar-refractivity contribution in [1.82, 2.24) is 19.9 Å². The number of carbonyl (C=O) groups excluding carboxylic acids is 1. The molecule has 3 rings (SSSR count). The van der Waals surface area contributed by atoms with Gasteiger partial charge in [0.15, 0.2) is 0 Å². The van der Waals surface area contributed by atoms with Gasteiger partial charge >= 0.3 is 0 Å². The van der Waals surface area contributed by atoms with Crippen LogP contribution in [-0.4, -0.2) is 27.0 Å². The minimum absolute atomic E-state index is 0.195. The summed E-state index contributed by atoms with van der Waals surface area (Å²) in [7, 11) is 1.65. The molecule has 2 heterocycles. The van der Waals surface area contributed by atoms with Gasteiger partial charge in [-0.1, -0.05) is 12.1 Å². The normalized spacial score (nSPS) is 10.8. The van der Waals surface area contributed by atoms with Gasteiger partial charge in [0.2, 0.25) is 0 Å². The van der Waals surface area contributed by atoms with Crippen LogP contribution >= 0.6 is 0 Å². The lowest BCUT2D eigenvalue weighted by Crippen LogP contribution is -2.27. The van der Waals surface area contributed by atoms with Crippen LogP contribution in [0.15, 0.2) is 47.4 Å². The van der Waals surface area contributed by atoms with Gasteiger partial charge in [-0.3, -0.25) is 9.59 Å². The van der Waals surface area contributed by atoms with E-state index in [0.717, 1.165) is 29.7 Å². The molecule has 0 aliphatic heterocycles. The van der Waals surface area contributed by atoms with Crippen LogP contribution in [-0.2, 0) is 13.5 Å². The highest BCUT2D eigenvalue weighted by Gasteiger charge is 2.06. The first-order valence-corrected chi connectivity index (χ1v) is 7.52. The lowest BCUT2D eigenvalue weighted by molar-refractivity contribution is 0.0953. The molecule has 1 amide bonds. The van der Waals surface area contributed by atoms with Crippen molar-refractivity contribution in [2.45, 2.75) is 12.8 Å². The predicted octanol–water partition coefficient (Wildman–Crippen LogP) is 1.62. The van der Waals surface area contributed by atoms with Crippen LogP contribution in [0.2, 0.25) is 0 Å². The summed E-state index contributed by atoms with van der Waals surface area (Å²) in [6.45, 7) is 0.533. The van der Waals surface area contributed by atoms with Crippen LogP contribution in [0.1, 0.15) is 22.6 Å². The van der Waals surface area contributed by atoms with E-state index < -0.39 is 0 Å². The first-order valence-electron chi connectivity index (χ1n) is 7.52. The number of nitrogens with zero attached hydrogens (tertiary/aromatic N) is 2. The molecule has 0 aliphatic carbocycles. The highest BCUT2D eigenvalue weighted by molar-refractivity contribution is 5.93. The SMILES string of the molecule is Cn1ccc(C(=O)NCCCc2nc3ccccc3[nH]2)cc1=O. The predicted molar refractivity (Wildman–Crippen MR) is 88.4 cm³/mol. The Bertz CT molecular complexity index is 862. The van der Waals surface area contributed by atoms with Crippen molar-refractivity contribution < 1.29 is 4.79 Å². The summed E-state index contributed by atoms with van der Waals surface area (Å²) in [6.07, 6.45) is 3.12. The summed E-state index contributed by atoms with van der Waals surface area (Å²) in [5, 5.41) is 2.82. The number of aryl methyl sites for hydroxylation is 2.